The van der Waals surface area contributed by atoms with E-state index in [0.717, 1.165) is 13.0 Å². The van der Waals surface area contributed by atoms with Crippen LogP contribution in [0.2, 0.25) is 0 Å². The van der Waals surface area contributed by atoms with Crippen LogP contribution in [0.15, 0.2) is 29.3 Å². The molecular weight excluding hydrogens is 222 g/mol. The number of nitrogens with zero attached hydrogens (tertiary/aromatic N) is 2. The highest BCUT2D eigenvalue weighted by Gasteiger charge is 2.42. The zero-order chi connectivity index (χ0) is 13.3. The van der Waals surface area contributed by atoms with Gasteiger partial charge in [0.05, 0.1) is 12.1 Å². The number of anilines is 1. The first kappa shape index (κ1) is 12.9. The van der Waals surface area contributed by atoms with Crippen LogP contribution >= 0.6 is 0 Å². The molecule has 98 valence electrons. The van der Waals surface area contributed by atoms with Crippen molar-refractivity contribution in [1.82, 2.24) is 0 Å². The van der Waals surface area contributed by atoms with Gasteiger partial charge in [0.2, 0.25) is 0 Å². The summed E-state index contributed by atoms with van der Waals surface area (Å²) in [4.78, 5) is 6.70. The number of guanidine groups is 1. The van der Waals surface area contributed by atoms with E-state index in [-0.39, 0.29) is 5.54 Å². The summed E-state index contributed by atoms with van der Waals surface area (Å²) in [6, 6.07) is 8.37. The van der Waals surface area contributed by atoms with Crippen LogP contribution in [-0.4, -0.2) is 18.0 Å². The lowest BCUT2D eigenvalue weighted by molar-refractivity contribution is 0.331. The smallest absolute Gasteiger partial charge is 0.196 e. The maximum atomic E-state index is 6.12. The maximum Gasteiger partial charge on any atom is 0.196 e. The number of benzene rings is 1. The van der Waals surface area contributed by atoms with Gasteiger partial charge < -0.3 is 10.6 Å². The Hall–Kier alpha value is -1.51. The molecule has 3 heteroatoms. The molecule has 0 saturated carbocycles. The van der Waals surface area contributed by atoms with Gasteiger partial charge in [0.1, 0.15) is 0 Å². The Kier molecular flexibility index (Phi) is 3.33. The topological polar surface area (TPSA) is 41.6 Å². The van der Waals surface area contributed by atoms with Crippen molar-refractivity contribution in [1.29, 1.82) is 0 Å². The molecule has 2 rings (SSSR count). The molecule has 1 aromatic rings. The monoisotopic (exact) mass is 245 g/mol. The highest BCUT2D eigenvalue weighted by Crippen LogP contribution is 2.36. The fourth-order valence-corrected chi connectivity index (χ4v) is 2.67. The molecule has 1 aromatic carbocycles. The Morgan fingerprint density at radius 2 is 2.11 bits per heavy atom. The second-order valence-electron chi connectivity index (χ2n) is 5.46. The van der Waals surface area contributed by atoms with Crippen LogP contribution in [0.25, 0.3) is 0 Å². The first-order valence-electron chi connectivity index (χ1n) is 6.66. The predicted molar refractivity (Wildman–Crippen MR) is 78.0 cm³/mol. The van der Waals surface area contributed by atoms with Gasteiger partial charge in [-0.2, -0.15) is 0 Å². The predicted octanol–water partition coefficient (Wildman–Crippen LogP) is 2.93. The molecule has 3 nitrogen and oxygen atoms in total. The third-order valence-corrected chi connectivity index (χ3v) is 4.33. The molecule has 0 radical (unpaired) electrons. The van der Waals surface area contributed by atoms with E-state index in [9.17, 15) is 0 Å². The van der Waals surface area contributed by atoms with Gasteiger partial charge in [0.25, 0.3) is 0 Å². The van der Waals surface area contributed by atoms with Gasteiger partial charge in [0, 0.05) is 5.69 Å². The molecule has 1 heterocycles. The summed E-state index contributed by atoms with van der Waals surface area (Å²) in [6.45, 7) is 9.66. The standard InChI is InChI=1S/C15H23N3/c1-5-12(3)15(4)10-17-14(16)18(15)13-9-7-6-8-11(13)2/h6-9,12H,5,10H2,1-4H3,(H2,16,17). The highest BCUT2D eigenvalue weighted by molar-refractivity contribution is 5.98. The largest absolute Gasteiger partial charge is 0.369 e. The Balaban J connectivity index is 2.46. The third-order valence-electron chi connectivity index (χ3n) is 4.33. The molecule has 1 aliphatic rings. The third kappa shape index (κ3) is 1.88. The second kappa shape index (κ2) is 4.63. The number of aryl methyl sites for hydroxylation is 1. The summed E-state index contributed by atoms with van der Waals surface area (Å²) in [5.74, 6) is 1.19. The lowest BCUT2D eigenvalue weighted by atomic mass is 9.83. The maximum absolute atomic E-state index is 6.12. The van der Waals surface area contributed by atoms with Crippen molar-refractivity contribution in [3.8, 4) is 0 Å². The second-order valence-corrected chi connectivity index (χ2v) is 5.46. The van der Waals surface area contributed by atoms with Gasteiger partial charge in [0.15, 0.2) is 5.96 Å². The van der Waals surface area contributed by atoms with Gasteiger partial charge in [-0.25, -0.2) is 0 Å². The molecular formula is C15H23N3. The first-order valence-corrected chi connectivity index (χ1v) is 6.66. The van der Waals surface area contributed by atoms with Crippen molar-refractivity contribution in [3.63, 3.8) is 0 Å². The number of hydrogen-bond acceptors (Lipinski definition) is 3. The Morgan fingerprint density at radius 3 is 2.72 bits per heavy atom. The number of rotatable bonds is 3. The summed E-state index contributed by atoms with van der Waals surface area (Å²) >= 11 is 0. The van der Waals surface area contributed by atoms with Gasteiger partial charge >= 0.3 is 0 Å². The lowest BCUT2D eigenvalue weighted by Gasteiger charge is -2.41. The van der Waals surface area contributed by atoms with Crippen molar-refractivity contribution >= 4 is 11.6 Å². The molecule has 18 heavy (non-hydrogen) atoms. The molecule has 0 fully saturated rings. The minimum absolute atomic E-state index is 0.00898. The average molecular weight is 245 g/mol. The number of para-hydroxylation sites is 1. The molecule has 2 unspecified atom stereocenters. The van der Waals surface area contributed by atoms with E-state index in [2.05, 4.69) is 61.9 Å². The van der Waals surface area contributed by atoms with E-state index in [4.69, 9.17) is 5.73 Å². The van der Waals surface area contributed by atoms with Crippen LogP contribution < -0.4 is 10.6 Å². The molecule has 0 aromatic heterocycles. The molecule has 0 spiro atoms. The van der Waals surface area contributed by atoms with Gasteiger partial charge in [-0.15, -0.1) is 0 Å². The minimum Gasteiger partial charge on any atom is -0.369 e. The number of hydrogen-bond donors (Lipinski definition) is 1. The van der Waals surface area contributed by atoms with Gasteiger partial charge in [-0.3, -0.25) is 4.99 Å². The van der Waals surface area contributed by atoms with Crippen LogP contribution in [0.3, 0.4) is 0 Å². The summed E-state index contributed by atoms with van der Waals surface area (Å²) in [7, 11) is 0. The number of aliphatic imine (C=N–C) groups is 1. The van der Waals surface area contributed by atoms with Crippen LogP contribution in [-0.2, 0) is 0 Å². The van der Waals surface area contributed by atoms with Gasteiger partial charge in [-0.1, -0.05) is 38.5 Å². The van der Waals surface area contributed by atoms with E-state index in [1.54, 1.807) is 0 Å². The molecule has 2 N–H and O–H groups in total. The molecule has 2 atom stereocenters. The van der Waals surface area contributed by atoms with Crippen LogP contribution in [0.1, 0.15) is 32.8 Å². The van der Waals surface area contributed by atoms with E-state index >= 15 is 0 Å². The molecule has 1 aliphatic heterocycles. The quantitative estimate of drug-likeness (QED) is 0.889. The van der Waals surface area contributed by atoms with Crippen LogP contribution in [0.5, 0.6) is 0 Å². The lowest BCUT2D eigenvalue weighted by Crippen LogP contribution is -2.54. The minimum atomic E-state index is -0.00898. The van der Waals surface area contributed by atoms with E-state index in [1.165, 1.54) is 11.3 Å². The zero-order valence-electron chi connectivity index (χ0n) is 11.8. The van der Waals surface area contributed by atoms with Crippen molar-refractivity contribution < 1.29 is 0 Å². The van der Waals surface area contributed by atoms with Crippen molar-refractivity contribution in [3.05, 3.63) is 29.8 Å². The Bertz CT molecular complexity index is 467. The fraction of sp³-hybridized carbons (Fsp3) is 0.533. The van der Waals surface area contributed by atoms with E-state index in [0.29, 0.717) is 11.9 Å². The normalized spacial score (nSPS) is 25.1. The van der Waals surface area contributed by atoms with Gasteiger partial charge in [-0.05, 0) is 31.4 Å². The SMILES string of the molecule is CCC(C)C1(C)CN=C(N)N1c1ccccc1C. The summed E-state index contributed by atoms with van der Waals surface area (Å²) < 4.78 is 0. The number of nitrogens with two attached hydrogens (primary N) is 1. The van der Waals surface area contributed by atoms with Crippen molar-refractivity contribution in [2.75, 3.05) is 11.4 Å². The van der Waals surface area contributed by atoms with Crippen LogP contribution in [0, 0.1) is 12.8 Å². The average Bonchev–Trinajstić information content (AvgIpc) is 2.67. The van der Waals surface area contributed by atoms with Crippen molar-refractivity contribution in [2.45, 2.75) is 39.7 Å². The van der Waals surface area contributed by atoms with Crippen LogP contribution in [0.4, 0.5) is 5.69 Å². The summed E-state index contributed by atoms with van der Waals surface area (Å²) in [5.41, 5.74) is 8.54. The zero-order valence-corrected chi connectivity index (χ0v) is 11.8. The summed E-state index contributed by atoms with van der Waals surface area (Å²) in [5, 5.41) is 0. The Labute approximate surface area is 110 Å². The van der Waals surface area contributed by atoms with E-state index in [1.807, 2.05) is 0 Å². The first-order chi connectivity index (χ1) is 8.50. The molecule has 0 saturated heterocycles. The molecule has 0 bridgehead atoms. The highest BCUT2D eigenvalue weighted by atomic mass is 15.4. The van der Waals surface area contributed by atoms with E-state index < -0.39 is 0 Å². The fourth-order valence-electron chi connectivity index (χ4n) is 2.67. The molecule has 0 amide bonds. The Morgan fingerprint density at radius 1 is 1.44 bits per heavy atom. The summed E-state index contributed by atoms with van der Waals surface area (Å²) in [6.07, 6.45) is 1.13. The molecule has 0 aliphatic carbocycles. The van der Waals surface area contributed by atoms with Crippen molar-refractivity contribution in [2.24, 2.45) is 16.6 Å².